The normalized spacial score (nSPS) is 32.3. The average molecular weight is 408 g/mol. The zero-order valence-electron chi connectivity index (χ0n) is 14.8. The number of aliphatic hydroxyl groups is 10. The highest BCUT2D eigenvalue weighted by Gasteiger charge is 2.46. The molecule has 1 rings (SSSR count). The second-order valence-electron chi connectivity index (χ2n) is 5.60. The summed E-state index contributed by atoms with van der Waals surface area (Å²) >= 11 is 0. The van der Waals surface area contributed by atoms with Crippen molar-refractivity contribution in [3.63, 3.8) is 0 Å². The molecule has 0 aromatic carbocycles. The van der Waals surface area contributed by atoms with E-state index in [0.717, 1.165) is 0 Å². The number of rotatable bonds is 8. The van der Waals surface area contributed by atoms with Crippen LogP contribution in [-0.2, 0) is 9.47 Å². The minimum Gasteiger partial charge on any atom is -0.412 e. The molecule has 0 unspecified atom stereocenters. The standard InChI is InChI=1S/C12H24O11.C2H6O.H2O/c13-1-4(16)7(18)11(5(17)2-14)23-12-10(21)9(20)8(19)6(3-15)22-12;1-2-3;/h4-21H,1-3H2;3H,2H2,1H3;1H2/t4-,5+,6+,7+,8-,9-,10+,11+,12-;;/m0../s1. The lowest BCUT2D eigenvalue weighted by Crippen LogP contribution is -2.61. The Balaban J connectivity index is 0. The molecule has 1 aliphatic heterocycles. The van der Waals surface area contributed by atoms with Gasteiger partial charge in [0.05, 0.1) is 19.8 Å². The van der Waals surface area contributed by atoms with E-state index in [4.69, 9.17) is 29.9 Å². The summed E-state index contributed by atoms with van der Waals surface area (Å²) in [7, 11) is 0. The van der Waals surface area contributed by atoms with Crippen molar-refractivity contribution in [1.29, 1.82) is 0 Å². The van der Waals surface area contributed by atoms with Crippen LogP contribution in [0.2, 0.25) is 0 Å². The molecule has 0 aromatic heterocycles. The highest BCUT2D eigenvalue weighted by Crippen LogP contribution is 2.24. The first-order valence-corrected chi connectivity index (χ1v) is 8.02. The molecule has 12 N–H and O–H groups in total. The first kappa shape index (κ1) is 28.7. The van der Waals surface area contributed by atoms with Crippen molar-refractivity contribution < 1.29 is 66.0 Å². The fourth-order valence-corrected chi connectivity index (χ4v) is 2.16. The van der Waals surface area contributed by atoms with Gasteiger partial charge in [0, 0.05) is 6.61 Å². The molecule has 1 heterocycles. The van der Waals surface area contributed by atoms with Gasteiger partial charge in [-0.1, -0.05) is 0 Å². The number of hydrogen-bond donors (Lipinski definition) is 10. The van der Waals surface area contributed by atoms with E-state index in [0.29, 0.717) is 0 Å². The van der Waals surface area contributed by atoms with E-state index in [9.17, 15) is 30.6 Å². The largest absolute Gasteiger partial charge is 0.412 e. The smallest absolute Gasteiger partial charge is 0.187 e. The summed E-state index contributed by atoms with van der Waals surface area (Å²) in [6.07, 6.45) is -15.1. The van der Waals surface area contributed by atoms with Crippen molar-refractivity contribution in [3.05, 3.63) is 0 Å². The molecule has 166 valence electrons. The van der Waals surface area contributed by atoms with Crippen LogP contribution in [-0.4, -0.2) is 138 Å². The lowest BCUT2D eigenvalue weighted by atomic mass is 9.98. The van der Waals surface area contributed by atoms with Gasteiger partial charge in [0.1, 0.15) is 48.8 Å². The molecule has 13 heteroatoms. The van der Waals surface area contributed by atoms with Gasteiger partial charge >= 0.3 is 0 Å². The van der Waals surface area contributed by atoms with Crippen molar-refractivity contribution in [1.82, 2.24) is 0 Å². The van der Waals surface area contributed by atoms with Crippen LogP contribution in [0.1, 0.15) is 6.92 Å². The highest BCUT2D eigenvalue weighted by molar-refractivity contribution is 4.91. The third-order valence-corrected chi connectivity index (χ3v) is 3.62. The minimum atomic E-state index is -1.85. The van der Waals surface area contributed by atoms with E-state index in [-0.39, 0.29) is 12.1 Å². The second kappa shape index (κ2) is 14.5. The van der Waals surface area contributed by atoms with E-state index in [2.05, 4.69) is 0 Å². The molecule has 0 bridgehead atoms. The lowest BCUT2D eigenvalue weighted by Gasteiger charge is -2.42. The van der Waals surface area contributed by atoms with Gasteiger partial charge in [-0.05, 0) is 6.92 Å². The number of hydrogen-bond acceptors (Lipinski definition) is 12. The lowest BCUT2D eigenvalue weighted by molar-refractivity contribution is -0.327. The SMILES string of the molecule is CCO.O.OC[C@@H](O)[C@@H](O[C@@H]1O[C@H](CO)[C@H](O)[C@H](O)[C@H]1O)[C@H](O)[C@@H](O)CO. The first-order chi connectivity index (χ1) is 12.2. The van der Waals surface area contributed by atoms with Crippen LogP contribution in [0.3, 0.4) is 0 Å². The Morgan fingerprint density at radius 2 is 1.33 bits per heavy atom. The van der Waals surface area contributed by atoms with Gasteiger partial charge in [0.15, 0.2) is 6.29 Å². The van der Waals surface area contributed by atoms with Crippen molar-refractivity contribution in [2.45, 2.75) is 62.0 Å². The van der Waals surface area contributed by atoms with Crippen molar-refractivity contribution in [2.75, 3.05) is 26.4 Å². The molecule has 27 heavy (non-hydrogen) atoms. The summed E-state index contributed by atoms with van der Waals surface area (Å²) in [6, 6.07) is 0. The monoisotopic (exact) mass is 408 g/mol. The maximum Gasteiger partial charge on any atom is 0.187 e. The molecule has 13 nitrogen and oxygen atoms in total. The molecule has 1 saturated heterocycles. The number of ether oxygens (including phenoxy) is 2. The predicted octanol–water partition coefficient (Wildman–Crippen LogP) is -6.59. The highest BCUT2D eigenvalue weighted by atomic mass is 16.7. The molecule has 0 saturated carbocycles. The topological polar surface area (TPSA) is 252 Å². The van der Waals surface area contributed by atoms with Crippen LogP contribution in [0.15, 0.2) is 0 Å². The maximum atomic E-state index is 9.83. The summed E-state index contributed by atoms with van der Waals surface area (Å²) < 4.78 is 10.1. The van der Waals surface area contributed by atoms with Crippen LogP contribution in [0, 0.1) is 0 Å². The van der Waals surface area contributed by atoms with Crippen LogP contribution in [0.25, 0.3) is 0 Å². The van der Waals surface area contributed by atoms with Gasteiger partial charge in [0.25, 0.3) is 0 Å². The molecule has 0 amide bonds. The summed E-state index contributed by atoms with van der Waals surface area (Å²) in [5.41, 5.74) is 0. The van der Waals surface area contributed by atoms with E-state index < -0.39 is 74.9 Å². The van der Waals surface area contributed by atoms with Crippen LogP contribution < -0.4 is 0 Å². The Hall–Kier alpha value is -0.520. The minimum absolute atomic E-state index is 0. The quantitative estimate of drug-likeness (QED) is 0.180. The molecule has 0 aliphatic carbocycles. The Bertz CT molecular complexity index is 358. The van der Waals surface area contributed by atoms with Crippen molar-refractivity contribution in [3.8, 4) is 0 Å². The number of aliphatic hydroxyl groups excluding tert-OH is 10. The third kappa shape index (κ3) is 8.16. The molecule has 0 aromatic rings. The van der Waals surface area contributed by atoms with Gasteiger partial charge in [-0.2, -0.15) is 0 Å². The van der Waals surface area contributed by atoms with Gasteiger partial charge in [-0.3, -0.25) is 0 Å². The van der Waals surface area contributed by atoms with Gasteiger partial charge in [-0.25, -0.2) is 0 Å². The zero-order chi connectivity index (χ0) is 20.4. The summed E-state index contributed by atoms with van der Waals surface area (Å²) in [6.45, 7) is -0.523. The first-order valence-electron chi connectivity index (χ1n) is 8.02. The van der Waals surface area contributed by atoms with E-state index >= 15 is 0 Å². The van der Waals surface area contributed by atoms with E-state index in [1.807, 2.05) is 0 Å². The molecule has 1 fully saturated rings. The zero-order valence-corrected chi connectivity index (χ0v) is 14.8. The Kier molecular flexibility index (Phi) is 15.4. The molecule has 1 aliphatic rings. The Morgan fingerprint density at radius 1 is 0.852 bits per heavy atom. The maximum absolute atomic E-state index is 9.83. The summed E-state index contributed by atoms with van der Waals surface area (Å²) in [4.78, 5) is 0. The second-order valence-corrected chi connectivity index (χ2v) is 5.60. The molecule has 0 spiro atoms. The predicted molar refractivity (Wildman–Crippen MR) is 87.2 cm³/mol. The fourth-order valence-electron chi connectivity index (χ4n) is 2.16. The van der Waals surface area contributed by atoms with Crippen LogP contribution >= 0.6 is 0 Å². The Morgan fingerprint density at radius 3 is 1.74 bits per heavy atom. The van der Waals surface area contributed by atoms with Crippen molar-refractivity contribution >= 4 is 0 Å². The molecule has 9 atom stereocenters. The fraction of sp³-hybridized carbons (Fsp3) is 1.00. The molecular weight excluding hydrogens is 376 g/mol. The van der Waals surface area contributed by atoms with Gasteiger partial charge < -0.3 is 66.0 Å². The van der Waals surface area contributed by atoms with Crippen molar-refractivity contribution in [2.24, 2.45) is 0 Å². The van der Waals surface area contributed by atoms with Gasteiger partial charge in [0.2, 0.25) is 0 Å². The van der Waals surface area contributed by atoms with E-state index in [1.165, 1.54) is 0 Å². The molecular formula is C14H32O13. The molecule has 0 radical (unpaired) electrons. The third-order valence-electron chi connectivity index (χ3n) is 3.62. The average Bonchev–Trinajstić information content (AvgIpc) is 2.64. The van der Waals surface area contributed by atoms with Crippen LogP contribution in [0.4, 0.5) is 0 Å². The summed E-state index contributed by atoms with van der Waals surface area (Å²) in [5, 5.41) is 92.5. The van der Waals surface area contributed by atoms with Crippen LogP contribution in [0.5, 0.6) is 0 Å². The van der Waals surface area contributed by atoms with E-state index in [1.54, 1.807) is 6.92 Å². The summed E-state index contributed by atoms with van der Waals surface area (Å²) in [5.74, 6) is 0. The van der Waals surface area contributed by atoms with Gasteiger partial charge in [-0.15, -0.1) is 0 Å². The Labute approximate surface area is 155 Å².